The molecule has 0 saturated heterocycles. The fraction of sp³-hybridized carbons (Fsp3) is 0.450. The number of carboxylic acid groups (broad SMARTS) is 1. The summed E-state index contributed by atoms with van der Waals surface area (Å²) in [6, 6.07) is 4.69. The lowest BCUT2D eigenvalue weighted by Gasteiger charge is -2.23. The molecule has 1 rings (SSSR count). The second-order valence-corrected chi connectivity index (χ2v) is 6.36. The third kappa shape index (κ3) is 7.13. The number of allylic oxidation sites excluding steroid dienone is 1. The van der Waals surface area contributed by atoms with E-state index in [0.717, 1.165) is 0 Å². The van der Waals surface area contributed by atoms with Gasteiger partial charge in [0.1, 0.15) is 17.8 Å². The molecule has 27 heavy (non-hydrogen) atoms. The minimum Gasteiger partial charge on any atom is -0.494 e. The third-order valence-corrected chi connectivity index (χ3v) is 3.89. The normalized spacial score (nSPS) is 13.2. The Kier molecular flexibility index (Phi) is 9.05. The Balaban J connectivity index is 2.83. The van der Waals surface area contributed by atoms with Gasteiger partial charge in [0.15, 0.2) is 0 Å². The van der Waals surface area contributed by atoms with Gasteiger partial charge < -0.3 is 20.5 Å². The predicted octanol–water partition coefficient (Wildman–Crippen LogP) is 2.38. The number of hydrogen-bond acceptors (Lipinski definition) is 4. The van der Waals surface area contributed by atoms with E-state index in [9.17, 15) is 19.5 Å². The van der Waals surface area contributed by atoms with Gasteiger partial charge in [-0.2, -0.15) is 0 Å². The largest absolute Gasteiger partial charge is 0.494 e. The molecular weight excluding hydrogens is 348 g/mol. The number of nitrogens with one attached hydrogen (secondary N) is 2. The number of ether oxygens (including phenoxy) is 1. The van der Waals surface area contributed by atoms with E-state index >= 15 is 0 Å². The second kappa shape index (κ2) is 11.0. The van der Waals surface area contributed by atoms with Crippen molar-refractivity contribution in [3.05, 3.63) is 42.0 Å². The van der Waals surface area contributed by atoms with Crippen LogP contribution >= 0.6 is 0 Å². The number of aliphatic carboxylic acids is 1. The highest BCUT2D eigenvalue weighted by Crippen LogP contribution is 2.13. The number of rotatable bonds is 10. The van der Waals surface area contributed by atoms with Gasteiger partial charge in [0.25, 0.3) is 5.91 Å². The summed E-state index contributed by atoms with van der Waals surface area (Å²) in [6.07, 6.45) is 3.56. The highest BCUT2D eigenvalue weighted by atomic mass is 16.5. The number of hydrogen-bond donors (Lipinski definition) is 3. The molecule has 0 radical (unpaired) electrons. The van der Waals surface area contributed by atoms with E-state index in [4.69, 9.17) is 4.74 Å². The summed E-state index contributed by atoms with van der Waals surface area (Å²) in [5, 5.41) is 14.4. The molecule has 1 aromatic carbocycles. The van der Waals surface area contributed by atoms with Gasteiger partial charge in [0.05, 0.1) is 6.61 Å². The van der Waals surface area contributed by atoms with Crippen molar-refractivity contribution < 1.29 is 24.2 Å². The van der Waals surface area contributed by atoms with Gasteiger partial charge in [-0.15, -0.1) is 0 Å². The third-order valence-electron chi connectivity index (χ3n) is 3.89. The Morgan fingerprint density at radius 2 is 1.78 bits per heavy atom. The summed E-state index contributed by atoms with van der Waals surface area (Å²) >= 11 is 0. The van der Waals surface area contributed by atoms with Crippen LogP contribution in [0.25, 0.3) is 0 Å². The van der Waals surface area contributed by atoms with Crippen molar-refractivity contribution >= 4 is 17.8 Å². The van der Waals surface area contributed by atoms with Crippen molar-refractivity contribution in [1.82, 2.24) is 10.6 Å². The minimum atomic E-state index is -1.12. The fourth-order valence-electron chi connectivity index (χ4n) is 2.38. The van der Waals surface area contributed by atoms with Gasteiger partial charge >= 0.3 is 5.97 Å². The maximum Gasteiger partial charge on any atom is 0.326 e. The summed E-state index contributed by atoms with van der Waals surface area (Å²) in [6.45, 7) is 7.73. The van der Waals surface area contributed by atoms with Crippen molar-refractivity contribution in [1.29, 1.82) is 0 Å². The minimum absolute atomic E-state index is 0.176. The molecule has 0 saturated carbocycles. The van der Waals surface area contributed by atoms with E-state index in [0.29, 0.717) is 17.9 Å². The highest BCUT2D eigenvalue weighted by Gasteiger charge is 2.28. The Morgan fingerprint density at radius 1 is 1.15 bits per heavy atom. The smallest absolute Gasteiger partial charge is 0.326 e. The molecule has 7 nitrogen and oxygen atoms in total. The monoisotopic (exact) mass is 376 g/mol. The van der Waals surface area contributed by atoms with Crippen LogP contribution in [-0.2, 0) is 9.59 Å². The Hall–Kier alpha value is -2.83. The first-order valence-corrected chi connectivity index (χ1v) is 8.98. The van der Waals surface area contributed by atoms with Gasteiger partial charge in [-0.3, -0.25) is 9.59 Å². The van der Waals surface area contributed by atoms with Crippen LogP contribution in [0.1, 0.15) is 44.5 Å². The van der Waals surface area contributed by atoms with Crippen LogP contribution in [0.2, 0.25) is 0 Å². The predicted molar refractivity (Wildman–Crippen MR) is 103 cm³/mol. The van der Waals surface area contributed by atoms with Crippen LogP contribution in [-0.4, -0.2) is 41.6 Å². The Bertz CT molecular complexity index is 667. The Morgan fingerprint density at radius 3 is 2.26 bits per heavy atom. The lowest BCUT2D eigenvalue weighted by atomic mass is 10.0. The average Bonchev–Trinajstić information content (AvgIpc) is 2.63. The van der Waals surface area contributed by atoms with Crippen LogP contribution < -0.4 is 15.4 Å². The van der Waals surface area contributed by atoms with Crippen LogP contribution in [0, 0.1) is 5.92 Å². The van der Waals surface area contributed by atoms with Gasteiger partial charge in [-0.25, -0.2) is 4.79 Å². The van der Waals surface area contributed by atoms with E-state index in [1.165, 1.54) is 0 Å². The van der Waals surface area contributed by atoms with E-state index in [1.54, 1.807) is 57.2 Å². The van der Waals surface area contributed by atoms with E-state index in [2.05, 4.69) is 10.6 Å². The molecule has 1 aromatic rings. The lowest BCUT2D eigenvalue weighted by Crippen LogP contribution is -2.53. The number of carboxylic acids is 1. The molecule has 0 spiro atoms. The zero-order chi connectivity index (χ0) is 20.4. The molecule has 2 atom stereocenters. The van der Waals surface area contributed by atoms with Crippen LogP contribution in [0.15, 0.2) is 36.4 Å². The summed E-state index contributed by atoms with van der Waals surface area (Å²) < 4.78 is 5.34. The molecule has 0 aromatic heterocycles. The number of carbonyl (C=O) groups is 3. The van der Waals surface area contributed by atoms with Gasteiger partial charge in [-0.05, 0) is 50.5 Å². The highest BCUT2D eigenvalue weighted by molar-refractivity contribution is 5.98. The maximum absolute atomic E-state index is 12.5. The molecule has 0 fully saturated rings. The van der Waals surface area contributed by atoms with Crippen molar-refractivity contribution in [2.45, 2.75) is 46.2 Å². The van der Waals surface area contributed by atoms with Crippen LogP contribution in [0.3, 0.4) is 0 Å². The molecule has 2 unspecified atom stereocenters. The summed E-state index contributed by atoms with van der Waals surface area (Å²) in [5.41, 5.74) is 0.389. The first-order chi connectivity index (χ1) is 12.8. The fourth-order valence-corrected chi connectivity index (χ4v) is 2.38. The molecular formula is C20H28N2O5. The molecule has 148 valence electrons. The maximum atomic E-state index is 12.5. The first kappa shape index (κ1) is 22.2. The average molecular weight is 376 g/mol. The van der Waals surface area contributed by atoms with Crippen molar-refractivity contribution in [3.63, 3.8) is 0 Å². The molecule has 0 aliphatic carbocycles. The topological polar surface area (TPSA) is 105 Å². The molecule has 3 N–H and O–H groups in total. The van der Waals surface area contributed by atoms with Crippen LogP contribution in [0.4, 0.5) is 0 Å². The van der Waals surface area contributed by atoms with E-state index in [1.807, 2.05) is 6.92 Å². The molecule has 7 heteroatoms. The number of carbonyl (C=O) groups excluding carboxylic acids is 2. The second-order valence-electron chi connectivity index (χ2n) is 6.36. The van der Waals surface area contributed by atoms with Crippen molar-refractivity contribution in [2.75, 3.05) is 6.61 Å². The SMILES string of the molecule is C/C=C/CC(NC(=O)C(NC(=O)c1ccc(OCC)cc1)C(C)C)C(=O)O. The van der Waals surface area contributed by atoms with Crippen LogP contribution in [0.5, 0.6) is 5.75 Å². The first-order valence-electron chi connectivity index (χ1n) is 8.98. The summed E-state index contributed by atoms with van der Waals surface area (Å²) in [4.78, 5) is 36.3. The van der Waals surface area contributed by atoms with Gasteiger partial charge in [0.2, 0.25) is 5.91 Å². The molecule has 2 amide bonds. The number of amides is 2. The van der Waals surface area contributed by atoms with E-state index in [-0.39, 0.29) is 12.3 Å². The molecule has 0 bridgehead atoms. The molecule has 0 heterocycles. The van der Waals surface area contributed by atoms with E-state index < -0.39 is 29.9 Å². The summed E-state index contributed by atoms with van der Waals surface area (Å²) in [7, 11) is 0. The molecule has 0 aliphatic heterocycles. The zero-order valence-corrected chi connectivity index (χ0v) is 16.2. The summed E-state index contributed by atoms with van der Waals surface area (Å²) in [5.74, 6) is -1.62. The standard InChI is InChI=1S/C20H28N2O5/c1-5-7-8-16(20(25)26)21-19(24)17(13(3)4)22-18(23)14-9-11-15(12-10-14)27-6-2/h5,7,9-13,16-17H,6,8H2,1-4H3,(H,21,24)(H,22,23)(H,25,26)/b7-5+. The van der Waals surface area contributed by atoms with Gasteiger partial charge in [-0.1, -0.05) is 26.0 Å². The van der Waals surface area contributed by atoms with Crippen molar-refractivity contribution in [2.24, 2.45) is 5.92 Å². The van der Waals surface area contributed by atoms with Crippen molar-refractivity contribution in [3.8, 4) is 5.75 Å². The molecule has 0 aliphatic rings. The number of benzene rings is 1. The Labute approximate surface area is 159 Å². The zero-order valence-electron chi connectivity index (χ0n) is 16.2. The quantitative estimate of drug-likeness (QED) is 0.544. The van der Waals surface area contributed by atoms with Gasteiger partial charge in [0, 0.05) is 5.56 Å². The lowest BCUT2D eigenvalue weighted by molar-refractivity contribution is -0.142.